The largest absolute Gasteiger partial charge is 0.497 e. The lowest BCUT2D eigenvalue weighted by molar-refractivity contribution is -0.314. The highest BCUT2D eigenvalue weighted by atomic mass is 16.7. The molecule has 1 aromatic carbocycles. The van der Waals surface area contributed by atoms with Crippen LogP contribution in [0.5, 0.6) is 5.75 Å². The standard InChI is InChI=1S/C41H58O10/c1-8-27-10-9-11-35(48-22-25-12-15-28(44-4)16-13-25)23(2)37(43)34-20-32-30(33(34)21-36(42)50-27)17-14-26-18-29(19-31(26)32)51-41-40(47-7)39(46-6)38(45-5)24(3)49-41/h12-17,20,23-24,26-27,29-33,35,38-41H,8-11,18-19,21-22H2,1-7H3/t23-,24?,26-,27+,29-,30-,31-,32-,33+,35+,38?,39?,40?,41?/m1/s1. The number of Topliss-reactive ketones (excluding diaryl/α,β-unsaturated/α-hetero) is 1. The van der Waals surface area contributed by atoms with E-state index >= 15 is 0 Å². The maximum Gasteiger partial charge on any atom is 0.306 e. The van der Waals surface area contributed by atoms with E-state index in [-0.39, 0.29) is 84.4 Å². The average Bonchev–Trinajstić information content (AvgIpc) is 3.72. The Balaban J connectivity index is 1.21. The maximum absolute atomic E-state index is 14.5. The zero-order valence-corrected chi connectivity index (χ0v) is 31.4. The summed E-state index contributed by atoms with van der Waals surface area (Å²) in [4.78, 5) is 28.0. The number of hydrogen-bond acceptors (Lipinski definition) is 10. The van der Waals surface area contributed by atoms with Crippen LogP contribution in [0.1, 0.15) is 71.3 Å². The second-order valence-corrected chi connectivity index (χ2v) is 15.1. The Hall–Kier alpha value is -2.60. The number of allylic oxidation sites excluding steroid dienone is 4. The van der Waals surface area contributed by atoms with Crippen molar-refractivity contribution in [1.29, 1.82) is 0 Å². The van der Waals surface area contributed by atoms with Gasteiger partial charge in [0.2, 0.25) is 0 Å². The summed E-state index contributed by atoms with van der Waals surface area (Å²) in [5, 5.41) is 0. The van der Waals surface area contributed by atoms with Gasteiger partial charge in [0, 0.05) is 33.2 Å². The molecule has 0 amide bonds. The molecule has 10 heteroatoms. The summed E-state index contributed by atoms with van der Waals surface area (Å²) in [5.74, 6) is 0.809. The van der Waals surface area contributed by atoms with Gasteiger partial charge in [0.25, 0.3) is 0 Å². The van der Waals surface area contributed by atoms with E-state index in [4.69, 9.17) is 37.9 Å². The number of benzene rings is 1. The number of methoxy groups -OCH3 is 4. The van der Waals surface area contributed by atoms with Crippen LogP contribution in [-0.2, 0) is 49.4 Å². The lowest BCUT2D eigenvalue weighted by atomic mass is 9.70. The van der Waals surface area contributed by atoms with Crippen LogP contribution in [0.25, 0.3) is 0 Å². The first kappa shape index (κ1) is 38.1. The quantitative estimate of drug-likeness (QED) is 0.205. The number of ether oxygens (including phenoxy) is 8. The number of rotatable bonds is 10. The number of hydrogen-bond donors (Lipinski definition) is 0. The van der Waals surface area contributed by atoms with Crippen LogP contribution < -0.4 is 4.74 Å². The van der Waals surface area contributed by atoms with E-state index in [9.17, 15) is 9.59 Å². The third-order valence-corrected chi connectivity index (χ3v) is 12.3. The van der Waals surface area contributed by atoms with Gasteiger partial charge in [-0.1, -0.05) is 44.2 Å². The smallest absolute Gasteiger partial charge is 0.306 e. The summed E-state index contributed by atoms with van der Waals surface area (Å²) >= 11 is 0. The van der Waals surface area contributed by atoms with Gasteiger partial charge in [0.05, 0.1) is 38.4 Å². The molecule has 3 aliphatic carbocycles. The molecule has 6 rings (SSSR count). The molecule has 1 aromatic rings. The molecular formula is C41H58O10. The van der Waals surface area contributed by atoms with Crippen molar-refractivity contribution in [1.82, 2.24) is 0 Å². The summed E-state index contributed by atoms with van der Waals surface area (Å²) in [6, 6.07) is 7.85. The minimum atomic E-state index is -0.596. The second-order valence-electron chi connectivity index (χ2n) is 15.1. The predicted molar refractivity (Wildman–Crippen MR) is 190 cm³/mol. The molecule has 5 unspecified atom stereocenters. The molecule has 0 spiro atoms. The Kier molecular flexibility index (Phi) is 12.7. The minimum absolute atomic E-state index is 0.0448. The molecule has 10 nitrogen and oxygen atoms in total. The third kappa shape index (κ3) is 8.16. The van der Waals surface area contributed by atoms with Crippen LogP contribution in [-0.4, -0.2) is 89.2 Å². The Labute approximate surface area is 303 Å². The fourth-order valence-electron chi connectivity index (χ4n) is 9.45. The van der Waals surface area contributed by atoms with Crippen molar-refractivity contribution < 1.29 is 47.5 Å². The van der Waals surface area contributed by atoms with Crippen molar-refractivity contribution in [2.45, 2.75) is 121 Å². The highest BCUT2D eigenvalue weighted by Gasteiger charge is 2.52. The summed E-state index contributed by atoms with van der Waals surface area (Å²) in [6.07, 6.45) is 9.33. The zero-order valence-electron chi connectivity index (χ0n) is 31.4. The van der Waals surface area contributed by atoms with E-state index < -0.39 is 12.4 Å². The van der Waals surface area contributed by atoms with E-state index in [1.165, 1.54) is 0 Å². The fourth-order valence-corrected chi connectivity index (χ4v) is 9.45. The molecule has 51 heavy (non-hydrogen) atoms. The summed E-state index contributed by atoms with van der Waals surface area (Å²) in [5.41, 5.74) is 1.79. The van der Waals surface area contributed by atoms with Gasteiger partial charge in [0.1, 0.15) is 30.2 Å². The van der Waals surface area contributed by atoms with Gasteiger partial charge in [-0.15, -0.1) is 0 Å². The zero-order chi connectivity index (χ0) is 36.2. The van der Waals surface area contributed by atoms with Crippen LogP contribution in [0.3, 0.4) is 0 Å². The van der Waals surface area contributed by atoms with Crippen molar-refractivity contribution in [2.24, 2.45) is 35.5 Å². The van der Waals surface area contributed by atoms with E-state index in [0.29, 0.717) is 18.9 Å². The third-order valence-electron chi connectivity index (χ3n) is 12.3. The van der Waals surface area contributed by atoms with E-state index in [1.807, 2.05) is 38.1 Å². The first-order chi connectivity index (χ1) is 24.7. The van der Waals surface area contributed by atoms with E-state index in [2.05, 4.69) is 25.2 Å². The number of ketones is 1. The molecular weight excluding hydrogens is 652 g/mol. The number of carbonyl (C=O) groups excluding carboxylic acids is 2. The molecule has 3 fully saturated rings. The van der Waals surface area contributed by atoms with Gasteiger partial charge in [-0.25, -0.2) is 0 Å². The summed E-state index contributed by atoms with van der Waals surface area (Å²) in [6.45, 7) is 6.44. The second kappa shape index (κ2) is 17.0. The van der Waals surface area contributed by atoms with Gasteiger partial charge in [-0.3, -0.25) is 9.59 Å². The van der Waals surface area contributed by atoms with Crippen molar-refractivity contribution in [3.8, 4) is 5.75 Å². The Bertz CT molecular complexity index is 1390. The van der Waals surface area contributed by atoms with Crippen LogP contribution in [0.4, 0.5) is 0 Å². The predicted octanol–water partition coefficient (Wildman–Crippen LogP) is 6.24. The molecule has 0 N–H and O–H groups in total. The number of cyclic esters (lactones) is 1. The van der Waals surface area contributed by atoms with E-state index in [0.717, 1.165) is 49.0 Å². The SMILES string of the molecule is CC[C@H]1CCC[C@H](OCc2ccc(OC)cc2)[C@@H](C)C(=O)C2=C[C@@H]3[C@@H](C=C[C@@H]4C[C@@H](OC5OC(C)C(OC)C(OC)C5OC)C[C@@H]34)[C@@H]2CC(=O)O1. The Morgan fingerprint density at radius 1 is 0.863 bits per heavy atom. The molecule has 14 atom stereocenters. The molecule has 2 saturated heterocycles. The Morgan fingerprint density at radius 2 is 1.61 bits per heavy atom. The van der Waals surface area contributed by atoms with Crippen LogP contribution in [0.15, 0.2) is 48.1 Å². The molecule has 1 saturated carbocycles. The van der Waals surface area contributed by atoms with Crippen LogP contribution >= 0.6 is 0 Å². The van der Waals surface area contributed by atoms with Crippen molar-refractivity contribution >= 4 is 11.8 Å². The lowest BCUT2D eigenvalue weighted by Crippen LogP contribution is -2.59. The molecule has 0 bridgehead atoms. The lowest BCUT2D eigenvalue weighted by Gasteiger charge is -2.44. The first-order valence-electron chi connectivity index (χ1n) is 19.0. The molecule has 0 aromatic heterocycles. The van der Waals surface area contributed by atoms with Gasteiger partial charge < -0.3 is 37.9 Å². The monoisotopic (exact) mass is 710 g/mol. The Morgan fingerprint density at radius 3 is 2.29 bits per heavy atom. The van der Waals surface area contributed by atoms with Gasteiger partial charge in [-0.2, -0.15) is 0 Å². The van der Waals surface area contributed by atoms with Gasteiger partial charge in [-0.05, 0) is 92.4 Å². The normalized spacial score (nSPS) is 39.9. The average molecular weight is 711 g/mol. The topological polar surface area (TPSA) is 108 Å². The van der Waals surface area contributed by atoms with Crippen LogP contribution in [0.2, 0.25) is 0 Å². The fraction of sp³-hybridized carbons (Fsp3) is 0.707. The first-order valence-corrected chi connectivity index (χ1v) is 19.0. The number of carbonyl (C=O) groups is 2. The molecule has 2 aliphatic heterocycles. The van der Waals surface area contributed by atoms with Gasteiger partial charge in [0.15, 0.2) is 12.1 Å². The summed E-state index contributed by atoms with van der Waals surface area (Å²) < 4.78 is 48.2. The minimum Gasteiger partial charge on any atom is -0.497 e. The molecule has 2 heterocycles. The van der Waals surface area contributed by atoms with Crippen molar-refractivity contribution in [3.63, 3.8) is 0 Å². The van der Waals surface area contributed by atoms with Crippen molar-refractivity contribution in [2.75, 3.05) is 28.4 Å². The molecule has 282 valence electrons. The summed E-state index contributed by atoms with van der Waals surface area (Å²) in [7, 11) is 6.61. The highest BCUT2D eigenvalue weighted by Crippen LogP contribution is 2.54. The molecule has 5 aliphatic rings. The van der Waals surface area contributed by atoms with Gasteiger partial charge >= 0.3 is 5.97 Å². The molecule has 0 radical (unpaired) electrons. The van der Waals surface area contributed by atoms with E-state index in [1.54, 1.807) is 28.4 Å². The van der Waals surface area contributed by atoms with Crippen molar-refractivity contribution in [3.05, 3.63) is 53.6 Å². The maximum atomic E-state index is 14.5. The number of esters is 1. The highest BCUT2D eigenvalue weighted by molar-refractivity contribution is 5.99. The number of fused-ring (bicyclic) bond motifs is 5. The van der Waals surface area contributed by atoms with Crippen LogP contribution in [0, 0.1) is 35.5 Å².